The molecular weight excluding hydrogens is 332 g/mol. The minimum absolute atomic E-state index is 0.00356. The molecule has 1 aliphatic heterocycles. The summed E-state index contributed by atoms with van der Waals surface area (Å²) in [6.45, 7) is 1.85. The molecular formula is C17H15F2N3O3. The number of rotatable bonds is 3. The Morgan fingerprint density at radius 3 is 2.48 bits per heavy atom. The molecule has 0 atom stereocenters. The summed E-state index contributed by atoms with van der Waals surface area (Å²) in [5, 5.41) is 2.42. The van der Waals surface area contributed by atoms with Crippen molar-refractivity contribution in [3.63, 3.8) is 0 Å². The van der Waals surface area contributed by atoms with Gasteiger partial charge in [-0.2, -0.15) is 0 Å². The van der Waals surface area contributed by atoms with Crippen molar-refractivity contribution in [2.24, 2.45) is 0 Å². The largest absolute Gasteiger partial charge is 0.378 e. The fourth-order valence-electron chi connectivity index (χ4n) is 2.38. The summed E-state index contributed by atoms with van der Waals surface area (Å²) in [5.74, 6) is -2.98. The van der Waals surface area contributed by atoms with Crippen LogP contribution in [-0.4, -0.2) is 48.0 Å². The molecule has 3 rings (SSSR count). The zero-order valence-corrected chi connectivity index (χ0v) is 13.2. The van der Waals surface area contributed by atoms with Gasteiger partial charge in [-0.05, 0) is 24.3 Å². The number of carbonyl (C=O) groups is 2. The second-order valence-electron chi connectivity index (χ2n) is 5.40. The molecule has 1 fully saturated rings. The molecule has 2 heterocycles. The first-order valence-electron chi connectivity index (χ1n) is 7.65. The van der Waals surface area contributed by atoms with E-state index >= 15 is 0 Å². The maximum Gasteiger partial charge on any atom is 0.274 e. The molecule has 6 nitrogen and oxygen atoms in total. The highest BCUT2D eigenvalue weighted by molar-refractivity contribution is 6.03. The van der Waals surface area contributed by atoms with Gasteiger partial charge in [-0.3, -0.25) is 9.59 Å². The molecule has 0 saturated carbocycles. The van der Waals surface area contributed by atoms with Crippen molar-refractivity contribution < 1.29 is 23.1 Å². The topological polar surface area (TPSA) is 71.5 Å². The van der Waals surface area contributed by atoms with Crippen molar-refractivity contribution in [1.29, 1.82) is 0 Å². The van der Waals surface area contributed by atoms with Gasteiger partial charge in [0.15, 0.2) is 11.6 Å². The Labute approximate surface area is 142 Å². The van der Waals surface area contributed by atoms with Crippen molar-refractivity contribution in [2.45, 2.75) is 0 Å². The SMILES string of the molecule is O=C(Nc1ccc(F)c(F)c1)c1cccc(C(=O)N2CCOCC2)n1. The van der Waals surface area contributed by atoms with E-state index < -0.39 is 17.5 Å². The number of anilines is 1. The van der Waals surface area contributed by atoms with Gasteiger partial charge in [0, 0.05) is 24.8 Å². The van der Waals surface area contributed by atoms with E-state index in [9.17, 15) is 18.4 Å². The van der Waals surface area contributed by atoms with Gasteiger partial charge in [-0.1, -0.05) is 6.07 Å². The zero-order valence-electron chi connectivity index (χ0n) is 13.2. The Morgan fingerprint density at radius 2 is 1.76 bits per heavy atom. The van der Waals surface area contributed by atoms with Gasteiger partial charge in [-0.25, -0.2) is 13.8 Å². The average molecular weight is 347 g/mol. The molecule has 1 N–H and O–H groups in total. The Bertz CT molecular complexity index is 807. The smallest absolute Gasteiger partial charge is 0.274 e. The van der Waals surface area contributed by atoms with Gasteiger partial charge in [0.25, 0.3) is 11.8 Å². The third-order valence-corrected chi connectivity index (χ3v) is 3.68. The highest BCUT2D eigenvalue weighted by Crippen LogP contribution is 2.14. The molecule has 0 spiro atoms. The summed E-state index contributed by atoms with van der Waals surface area (Å²) in [7, 11) is 0. The van der Waals surface area contributed by atoms with E-state index in [1.54, 1.807) is 11.0 Å². The number of hydrogen-bond donors (Lipinski definition) is 1. The van der Waals surface area contributed by atoms with Gasteiger partial charge in [0.2, 0.25) is 0 Å². The third kappa shape index (κ3) is 3.97. The van der Waals surface area contributed by atoms with Crippen LogP contribution in [-0.2, 0) is 4.74 Å². The predicted octanol–water partition coefficient (Wildman–Crippen LogP) is 2.08. The maximum absolute atomic E-state index is 13.2. The number of nitrogens with zero attached hydrogens (tertiary/aromatic N) is 2. The van der Waals surface area contributed by atoms with Crippen LogP contribution in [0, 0.1) is 11.6 Å². The first kappa shape index (κ1) is 17.0. The zero-order chi connectivity index (χ0) is 17.8. The number of nitrogens with one attached hydrogen (secondary N) is 1. The molecule has 1 aromatic carbocycles. The van der Waals surface area contributed by atoms with Crippen molar-refractivity contribution in [2.75, 3.05) is 31.6 Å². The number of benzene rings is 1. The van der Waals surface area contributed by atoms with Gasteiger partial charge >= 0.3 is 0 Å². The molecule has 1 aromatic heterocycles. The lowest BCUT2D eigenvalue weighted by Gasteiger charge is -2.26. The van der Waals surface area contributed by atoms with Crippen LogP contribution < -0.4 is 5.32 Å². The standard InChI is InChI=1S/C17H15F2N3O3/c18-12-5-4-11(10-13(12)19)20-16(23)14-2-1-3-15(21-14)17(24)22-6-8-25-9-7-22/h1-5,10H,6-9H2,(H,20,23). The lowest BCUT2D eigenvalue weighted by atomic mass is 10.2. The van der Waals surface area contributed by atoms with Crippen LogP contribution in [0.4, 0.5) is 14.5 Å². The average Bonchev–Trinajstić information content (AvgIpc) is 2.65. The lowest BCUT2D eigenvalue weighted by molar-refractivity contribution is 0.0299. The Kier molecular flexibility index (Phi) is 4.99. The van der Waals surface area contributed by atoms with Crippen LogP contribution in [0.5, 0.6) is 0 Å². The molecule has 2 amide bonds. The summed E-state index contributed by atoms with van der Waals surface area (Å²) >= 11 is 0. The normalized spacial score (nSPS) is 14.2. The van der Waals surface area contributed by atoms with E-state index in [-0.39, 0.29) is 23.0 Å². The van der Waals surface area contributed by atoms with Crippen LogP contribution in [0.1, 0.15) is 21.0 Å². The number of amides is 2. The summed E-state index contributed by atoms with van der Waals surface area (Å²) in [6.07, 6.45) is 0. The molecule has 25 heavy (non-hydrogen) atoms. The van der Waals surface area contributed by atoms with E-state index in [0.29, 0.717) is 26.3 Å². The highest BCUT2D eigenvalue weighted by atomic mass is 19.2. The van der Waals surface area contributed by atoms with Gasteiger partial charge in [0.05, 0.1) is 13.2 Å². The molecule has 0 unspecified atom stereocenters. The molecule has 130 valence electrons. The third-order valence-electron chi connectivity index (χ3n) is 3.68. The Hall–Kier alpha value is -2.87. The van der Waals surface area contributed by atoms with Crippen LogP contribution in [0.2, 0.25) is 0 Å². The summed E-state index contributed by atoms with van der Waals surface area (Å²) < 4.78 is 31.3. The van der Waals surface area contributed by atoms with Gasteiger partial charge in [0.1, 0.15) is 11.4 Å². The summed E-state index contributed by atoms with van der Waals surface area (Å²) in [6, 6.07) is 7.52. The number of ether oxygens (including phenoxy) is 1. The molecule has 1 saturated heterocycles. The number of halogens is 2. The molecule has 8 heteroatoms. The fraction of sp³-hybridized carbons (Fsp3) is 0.235. The van der Waals surface area contributed by atoms with E-state index in [2.05, 4.69) is 10.3 Å². The first-order chi connectivity index (χ1) is 12.0. The van der Waals surface area contributed by atoms with Crippen LogP contribution >= 0.6 is 0 Å². The Morgan fingerprint density at radius 1 is 1.04 bits per heavy atom. The number of aromatic nitrogens is 1. The van der Waals surface area contributed by atoms with Crippen molar-refractivity contribution in [3.05, 3.63) is 59.4 Å². The number of pyridine rings is 1. The Balaban J connectivity index is 1.74. The summed E-state index contributed by atoms with van der Waals surface area (Å²) in [4.78, 5) is 30.3. The minimum Gasteiger partial charge on any atom is -0.378 e. The maximum atomic E-state index is 13.2. The molecule has 1 aliphatic rings. The lowest BCUT2D eigenvalue weighted by Crippen LogP contribution is -2.41. The van der Waals surface area contributed by atoms with Crippen molar-refractivity contribution in [1.82, 2.24) is 9.88 Å². The molecule has 0 bridgehead atoms. The quantitative estimate of drug-likeness (QED) is 0.923. The van der Waals surface area contributed by atoms with E-state index in [0.717, 1.165) is 12.1 Å². The molecule has 0 aliphatic carbocycles. The van der Waals surface area contributed by atoms with Crippen LogP contribution in [0.3, 0.4) is 0 Å². The summed E-state index contributed by atoms with van der Waals surface area (Å²) in [5.41, 5.74) is 0.235. The molecule has 2 aromatic rings. The minimum atomic E-state index is -1.07. The van der Waals surface area contributed by atoms with Crippen LogP contribution in [0.25, 0.3) is 0 Å². The van der Waals surface area contributed by atoms with Crippen LogP contribution in [0.15, 0.2) is 36.4 Å². The highest BCUT2D eigenvalue weighted by Gasteiger charge is 2.20. The van der Waals surface area contributed by atoms with E-state index in [1.807, 2.05) is 0 Å². The van der Waals surface area contributed by atoms with E-state index in [4.69, 9.17) is 4.74 Å². The van der Waals surface area contributed by atoms with Crippen molar-refractivity contribution in [3.8, 4) is 0 Å². The fourth-order valence-corrected chi connectivity index (χ4v) is 2.38. The predicted molar refractivity (Wildman–Crippen MR) is 85.3 cm³/mol. The first-order valence-corrected chi connectivity index (χ1v) is 7.65. The second-order valence-corrected chi connectivity index (χ2v) is 5.40. The van der Waals surface area contributed by atoms with E-state index in [1.165, 1.54) is 18.2 Å². The van der Waals surface area contributed by atoms with Gasteiger partial charge in [-0.15, -0.1) is 0 Å². The monoisotopic (exact) mass is 347 g/mol. The number of hydrogen-bond acceptors (Lipinski definition) is 4. The second kappa shape index (κ2) is 7.35. The molecule has 0 radical (unpaired) electrons. The number of morpholine rings is 1. The number of carbonyl (C=O) groups excluding carboxylic acids is 2. The van der Waals surface area contributed by atoms with Gasteiger partial charge < -0.3 is 15.0 Å². The van der Waals surface area contributed by atoms with Crippen molar-refractivity contribution >= 4 is 17.5 Å².